The summed E-state index contributed by atoms with van der Waals surface area (Å²) >= 11 is 0. The number of carbonyl (C=O) groups excluding carboxylic acids is 2. The number of aromatic nitrogens is 3. The minimum Gasteiger partial charge on any atom is -0.463 e. The summed E-state index contributed by atoms with van der Waals surface area (Å²) in [5.74, 6) is 0.736. The number of hydrogen-bond donors (Lipinski definition) is 0. The van der Waals surface area contributed by atoms with Crippen molar-refractivity contribution in [3.63, 3.8) is 0 Å². The number of esters is 2. The maximum Gasteiger partial charge on any atom is 0.306 e. The van der Waals surface area contributed by atoms with Gasteiger partial charge >= 0.3 is 11.9 Å². The minimum atomic E-state index is -0.153. The van der Waals surface area contributed by atoms with Gasteiger partial charge in [0.15, 0.2) is 0 Å². The van der Waals surface area contributed by atoms with Crippen LogP contribution in [-0.4, -0.2) is 150 Å². The Balaban J connectivity index is 0.000000743. The molecule has 3 aliphatic rings. The maximum absolute atomic E-state index is 11.3. The lowest BCUT2D eigenvalue weighted by molar-refractivity contribution is -0.148. The molecule has 0 saturated carbocycles. The van der Waals surface area contributed by atoms with Crippen LogP contribution < -0.4 is 0 Å². The van der Waals surface area contributed by atoms with E-state index in [2.05, 4.69) is 73.2 Å². The van der Waals surface area contributed by atoms with Crippen molar-refractivity contribution in [2.24, 2.45) is 5.92 Å². The van der Waals surface area contributed by atoms with Crippen LogP contribution in [0.2, 0.25) is 0 Å². The first-order valence-corrected chi connectivity index (χ1v) is 22.4. The highest BCUT2D eigenvalue weighted by atomic mass is 16.5. The Labute approximate surface area is 355 Å². The molecular formula is C45H90N6O7. The molecule has 0 spiro atoms. The van der Waals surface area contributed by atoms with Crippen LogP contribution in [0.5, 0.6) is 0 Å². The van der Waals surface area contributed by atoms with E-state index in [1.807, 2.05) is 27.7 Å². The van der Waals surface area contributed by atoms with Crippen LogP contribution in [0.25, 0.3) is 0 Å². The fourth-order valence-electron chi connectivity index (χ4n) is 6.78. The molecule has 0 aliphatic carbocycles. The van der Waals surface area contributed by atoms with Gasteiger partial charge < -0.3 is 33.5 Å². The lowest BCUT2D eigenvalue weighted by Crippen LogP contribution is -2.46. The van der Waals surface area contributed by atoms with Crippen molar-refractivity contribution in [3.8, 4) is 0 Å². The third-order valence-electron chi connectivity index (χ3n) is 9.57. The number of nitrogens with zero attached hydrogens (tertiary/aromatic N) is 6. The molecule has 0 amide bonds. The Bertz CT molecular complexity index is 1080. The van der Waals surface area contributed by atoms with Crippen LogP contribution in [-0.2, 0) is 39.8 Å². The van der Waals surface area contributed by atoms with Gasteiger partial charge in [0, 0.05) is 52.2 Å². The Morgan fingerprint density at radius 2 is 1.14 bits per heavy atom. The molecule has 13 heteroatoms. The molecule has 4 rings (SSSR count). The quantitative estimate of drug-likeness (QED) is 0.0996. The lowest BCUT2D eigenvalue weighted by atomic mass is 9.99. The van der Waals surface area contributed by atoms with Crippen LogP contribution in [0.3, 0.4) is 0 Å². The van der Waals surface area contributed by atoms with E-state index in [0.29, 0.717) is 43.8 Å². The summed E-state index contributed by atoms with van der Waals surface area (Å²) in [5, 5.41) is 3.93. The second-order valence-corrected chi connectivity index (χ2v) is 17.1. The van der Waals surface area contributed by atoms with Crippen LogP contribution in [0.15, 0.2) is 12.7 Å². The average Bonchev–Trinajstić information content (AvgIpc) is 3.65. The number of piperidine rings is 2. The van der Waals surface area contributed by atoms with Crippen molar-refractivity contribution in [3.05, 3.63) is 12.7 Å². The van der Waals surface area contributed by atoms with Crippen LogP contribution in [0, 0.1) is 5.92 Å². The van der Waals surface area contributed by atoms with E-state index >= 15 is 0 Å². The minimum absolute atomic E-state index is 0. The Hall–Kier alpha value is -2.16. The average molecular weight is 827 g/mol. The molecule has 342 valence electrons. The Kier molecular flexibility index (Phi) is 33.3. The van der Waals surface area contributed by atoms with Crippen molar-refractivity contribution >= 4 is 11.9 Å². The van der Waals surface area contributed by atoms with E-state index in [1.54, 1.807) is 11.0 Å². The predicted molar refractivity (Wildman–Crippen MR) is 236 cm³/mol. The van der Waals surface area contributed by atoms with Gasteiger partial charge in [0.25, 0.3) is 0 Å². The zero-order valence-corrected chi connectivity index (χ0v) is 38.3. The summed E-state index contributed by atoms with van der Waals surface area (Å²) in [7, 11) is 0. The summed E-state index contributed by atoms with van der Waals surface area (Å²) < 4.78 is 28.5. The number of aryl methyl sites for hydroxylation is 1. The van der Waals surface area contributed by atoms with Crippen LogP contribution >= 0.6 is 0 Å². The van der Waals surface area contributed by atoms with E-state index in [0.717, 1.165) is 58.2 Å². The first-order valence-electron chi connectivity index (χ1n) is 22.4. The monoisotopic (exact) mass is 827 g/mol. The maximum atomic E-state index is 11.3. The summed E-state index contributed by atoms with van der Waals surface area (Å²) in [6, 6.07) is 0. The number of likely N-dealkylation sites (tertiary alicyclic amines) is 2. The summed E-state index contributed by atoms with van der Waals surface area (Å²) in [5.41, 5.74) is 0. The summed E-state index contributed by atoms with van der Waals surface area (Å²) in [4.78, 5) is 33.6. The van der Waals surface area contributed by atoms with Crippen molar-refractivity contribution in [2.75, 3.05) is 72.1 Å². The van der Waals surface area contributed by atoms with E-state index in [9.17, 15) is 9.59 Å². The van der Waals surface area contributed by atoms with Crippen molar-refractivity contribution in [1.29, 1.82) is 0 Å². The van der Waals surface area contributed by atoms with Gasteiger partial charge in [0.05, 0.1) is 43.2 Å². The lowest BCUT2D eigenvalue weighted by Gasteiger charge is -2.35. The molecule has 13 nitrogen and oxygen atoms in total. The fourth-order valence-corrected chi connectivity index (χ4v) is 6.78. The van der Waals surface area contributed by atoms with Gasteiger partial charge in [-0.05, 0) is 153 Å². The Morgan fingerprint density at radius 1 is 0.638 bits per heavy atom. The molecule has 58 heavy (non-hydrogen) atoms. The zero-order valence-electron chi connectivity index (χ0n) is 38.3. The highest BCUT2D eigenvalue weighted by molar-refractivity contribution is 5.69. The highest BCUT2D eigenvalue weighted by Gasteiger charge is 2.21. The molecule has 1 aromatic heterocycles. The molecule has 1 aromatic rings. The second kappa shape index (κ2) is 34.5. The third kappa shape index (κ3) is 32.7. The number of ether oxygens (including phenoxy) is 5. The van der Waals surface area contributed by atoms with Crippen molar-refractivity contribution in [2.45, 2.75) is 191 Å². The highest BCUT2D eigenvalue weighted by Crippen LogP contribution is 2.16. The molecule has 3 fully saturated rings. The van der Waals surface area contributed by atoms with E-state index in [1.165, 1.54) is 77.6 Å². The van der Waals surface area contributed by atoms with Gasteiger partial charge in [0.2, 0.25) is 0 Å². The SMILES string of the molecule is C.CC(C)OC(=O)CCCN1CCCCC1.CC(C)OC(=O)CCCn1cncn1.CC(C)OCCN1C[C@@H](C)O[C@@H](C)C1.CC1CCN(CCCOC(C)C)CC1. The van der Waals surface area contributed by atoms with Gasteiger partial charge in [-0.1, -0.05) is 20.8 Å². The molecule has 2 atom stereocenters. The number of morpholine rings is 1. The smallest absolute Gasteiger partial charge is 0.306 e. The predicted octanol–water partition coefficient (Wildman–Crippen LogP) is 7.90. The second-order valence-electron chi connectivity index (χ2n) is 17.1. The number of rotatable bonds is 19. The first-order chi connectivity index (χ1) is 27.1. The van der Waals surface area contributed by atoms with E-state index in [4.69, 9.17) is 23.7 Å². The van der Waals surface area contributed by atoms with E-state index in [-0.39, 0.29) is 31.6 Å². The molecule has 0 bridgehead atoms. The van der Waals surface area contributed by atoms with Gasteiger partial charge in [-0.25, -0.2) is 4.98 Å². The summed E-state index contributed by atoms with van der Waals surface area (Å²) in [6.07, 6.45) is 15.1. The molecular weight excluding hydrogens is 737 g/mol. The topological polar surface area (TPSA) is 121 Å². The van der Waals surface area contributed by atoms with Crippen molar-refractivity contribution in [1.82, 2.24) is 29.5 Å². The van der Waals surface area contributed by atoms with Crippen molar-refractivity contribution < 1.29 is 33.3 Å². The normalized spacial score (nSPS) is 19.4. The van der Waals surface area contributed by atoms with Crippen LogP contribution in [0.1, 0.15) is 148 Å². The number of carbonyl (C=O) groups is 2. The summed E-state index contributed by atoms with van der Waals surface area (Å²) in [6.45, 7) is 35.3. The fraction of sp³-hybridized carbons (Fsp3) is 0.911. The van der Waals surface area contributed by atoms with E-state index < -0.39 is 0 Å². The Morgan fingerprint density at radius 3 is 1.64 bits per heavy atom. The molecule has 3 aliphatic heterocycles. The third-order valence-corrected chi connectivity index (χ3v) is 9.57. The molecule has 4 heterocycles. The molecule has 0 aromatic carbocycles. The standard InChI is InChI=1S/C12H23NO2.C12H25NO.C11H23NO2.C9H15N3O2.CH4/c1-11(2)15-12(14)7-6-10-13-8-4-3-5-9-13;1-11(2)14-10-4-7-13-8-5-12(3)6-9-13;1-9(2)13-6-5-12-7-10(3)14-11(4)8-12;1-8(2)14-9(13)4-3-5-12-7-10-6-11-12;/h11H,3-10H2,1-2H3;11-12H,4-10H2,1-3H3;9-11H,5-8H2,1-4H3;6-8H,3-5H2,1-2H3;1H4/t;;10-,11+;;. The zero-order chi connectivity index (χ0) is 42.4. The van der Waals surface area contributed by atoms with Crippen LogP contribution in [0.4, 0.5) is 0 Å². The largest absolute Gasteiger partial charge is 0.463 e. The molecule has 0 N–H and O–H groups in total. The van der Waals surface area contributed by atoms with Gasteiger partial charge in [-0.15, -0.1) is 0 Å². The van der Waals surface area contributed by atoms with Gasteiger partial charge in [-0.3, -0.25) is 19.2 Å². The number of hydrogen-bond acceptors (Lipinski definition) is 12. The van der Waals surface area contributed by atoms with Gasteiger partial charge in [0.1, 0.15) is 12.7 Å². The molecule has 0 radical (unpaired) electrons. The van der Waals surface area contributed by atoms with Gasteiger partial charge in [-0.2, -0.15) is 5.10 Å². The molecule has 3 saturated heterocycles. The molecule has 0 unspecified atom stereocenters. The first kappa shape index (κ1) is 55.8.